The fourth-order valence-corrected chi connectivity index (χ4v) is 2.12. The molecule has 0 aliphatic rings. The van der Waals surface area contributed by atoms with Crippen LogP contribution in [0, 0.1) is 11.6 Å². The molecule has 9 heteroatoms. The monoisotopic (exact) mass is 339 g/mol. The van der Waals surface area contributed by atoms with Crippen LogP contribution in [0.2, 0.25) is 0 Å². The van der Waals surface area contributed by atoms with Crippen molar-refractivity contribution in [2.24, 2.45) is 0 Å². The number of ether oxygens (including phenoxy) is 1. The Morgan fingerprint density at radius 1 is 1.21 bits per heavy atom. The number of carbonyl (C=O) groups excluding carboxylic acids is 1. The highest BCUT2D eigenvalue weighted by Crippen LogP contribution is 2.26. The van der Waals surface area contributed by atoms with Gasteiger partial charge in [-0.05, 0) is 12.1 Å². The molecule has 3 rings (SSSR count). The summed E-state index contributed by atoms with van der Waals surface area (Å²) >= 11 is 0. The summed E-state index contributed by atoms with van der Waals surface area (Å²) in [4.78, 5) is 18.4. The number of pyridine rings is 1. The highest BCUT2D eigenvalue weighted by Gasteiger charge is 2.14. The standard InChI is InChI=1S/C15H9F4N3O2/c16-9-4-8-11(5-10(9)17)21-6-12(8)22-14(23)7-1-2-20-13(3-7)24-15(18)19/h1-6,15,21H,(H,22,23). The number of rotatable bonds is 4. The number of aromatic amines is 1. The van der Waals surface area contributed by atoms with Gasteiger partial charge in [0.25, 0.3) is 5.91 Å². The molecular weight excluding hydrogens is 330 g/mol. The van der Waals surface area contributed by atoms with E-state index in [1.165, 1.54) is 12.3 Å². The number of amides is 1. The van der Waals surface area contributed by atoms with Crippen LogP contribution in [0.15, 0.2) is 36.7 Å². The van der Waals surface area contributed by atoms with Gasteiger partial charge in [-0.1, -0.05) is 0 Å². The van der Waals surface area contributed by atoms with Crippen molar-refractivity contribution in [2.75, 3.05) is 5.32 Å². The second kappa shape index (κ2) is 6.19. The van der Waals surface area contributed by atoms with Crippen molar-refractivity contribution >= 4 is 22.5 Å². The Morgan fingerprint density at radius 2 is 1.96 bits per heavy atom. The molecule has 0 radical (unpaired) electrons. The van der Waals surface area contributed by atoms with Crippen molar-refractivity contribution in [1.82, 2.24) is 9.97 Å². The molecule has 24 heavy (non-hydrogen) atoms. The van der Waals surface area contributed by atoms with Crippen LogP contribution in [0.25, 0.3) is 10.9 Å². The van der Waals surface area contributed by atoms with Crippen LogP contribution in [0.5, 0.6) is 5.88 Å². The first-order valence-electron chi connectivity index (χ1n) is 6.62. The largest absolute Gasteiger partial charge is 0.417 e. The van der Waals surface area contributed by atoms with E-state index in [0.717, 1.165) is 24.4 Å². The molecule has 0 bridgehead atoms. The number of hydrogen-bond donors (Lipinski definition) is 2. The van der Waals surface area contributed by atoms with Gasteiger partial charge in [-0.15, -0.1) is 0 Å². The second-order valence-corrected chi connectivity index (χ2v) is 4.73. The van der Waals surface area contributed by atoms with Gasteiger partial charge in [0.05, 0.1) is 11.2 Å². The second-order valence-electron chi connectivity index (χ2n) is 4.73. The number of hydrogen-bond acceptors (Lipinski definition) is 3. The summed E-state index contributed by atoms with van der Waals surface area (Å²) in [5, 5.41) is 2.74. The number of nitrogens with one attached hydrogen (secondary N) is 2. The molecule has 2 N–H and O–H groups in total. The van der Waals surface area contributed by atoms with Crippen LogP contribution in [0.4, 0.5) is 23.2 Å². The number of fused-ring (bicyclic) bond motifs is 1. The molecule has 0 fully saturated rings. The first-order valence-corrected chi connectivity index (χ1v) is 6.62. The SMILES string of the molecule is O=C(Nc1c[nH]c2cc(F)c(F)cc12)c1ccnc(OC(F)F)c1. The van der Waals surface area contributed by atoms with Crippen LogP contribution in [0.3, 0.4) is 0 Å². The van der Waals surface area contributed by atoms with E-state index in [9.17, 15) is 22.4 Å². The maximum Gasteiger partial charge on any atom is 0.388 e. The van der Waals surface area contributed by atoms with E-state index in [4.69, 9.17) is 0 Å². The van der Waals surface area contributed by atoms with Gasteiger partial charge in [-0.25, -0.2) is 13.8 Å². The molecule has 2 aromatic heterocycles. The van der Waals surface area contributed by atoms with Gasteiger partial charge >= 0.3 is 6.61 Å². The Bertz CT molecular complexity index is 911. The van der Waals surface area contributed by atoms with Crippen LogP contribution in [-0.4, -0.2) is 22.5 Å². The van der Waals surface area contributed by atoms with E-state index in [1.54, 1.807) is 0 Å². The van der Waals surface area contributed by atoms with E-state index in [1.807, 2.05) is 0 Å². The number of anilines is 1. The molecule has 124 valence electrons. The number of aromatic nitrogens is 2. The predicted octanol–water partition coefficient (Wildman–Crippen LogP) is 3.69. The van der Waals surface area contributed by atoms with Crippen molar-refractivity contribution in [3.8, 4) is 5.88 Å². The lowest BCUT2D eigenvalue weighted by atomic mass is 10.2. The van der Waals surface area contributed by atoms with Gasteiger partial charge in [-0.3, -0.25) is 4.79 Å². The van der Waals surface area contributed by atoms with Crippen molar-refractivity contribution in [1.29, 1.82) is 0 Å². The molecule has 0 aliphatic heterocycles. The van der Waals surface area contributed by atoms with E-state index in [2.05, 4.69) is 20.0 Å². The van der Waals surface area contributed by atoms with Crippen LogP contribution in [0.1, 0.15) is 10.4 Å². The molecule has 0 atom stereocenters. The summed E-state index contributed by atoms with van der Waals surface area (Å²) in [7, 11) is 0. The van der Waals surface area contributed by atoms with Crippen LogP contribution in [-0.2, 0) is 0 Å². The highest BCUT2D eigenvalue weighted by molar-refractivity contribution is 6.09. The maximum atomic E-state index is 13.3. The normalized spacial score (nSPS) is 11.0. The Labute approximate surface area is 132 Å². The maximum absolute atomic E-state index is 13.3. The molecule has 0 unspecified atom stereocenters. The summed E-state index contributed by atoms with van der Waals surface area (Å²) in [5.74, 6) is -3.15. The van der Waals surface area contributed by atoms with E-state index < -0.39 is 30.0 Å². The fraction of sp³-hybridized carbons (Fsp3) is 0.0667. The quantitative estimate of drug-likeness (QED) is 0.713. The zero-order chi connectivity index (χ0) is 17.3. The highest BCUT2D eigenvalue weighted by atomic mass is 19.3. The summed E-state index contributed by atoms with van der Waals surface area (Å²) in [6.07, 6.45) is 2.50. The summed E-state index contributed by atoms with van der Waals surface area (Å²) in [6.45, 7) is -3.07. The Morgan fingerprint density at radius 3 is 2.71 bits per heavy atom. The first kappa shape index (κ1) is 15.8. The topological polar surface area (TPSA) is 67.0 Å². The van der Waals surface area contributed by atoms with E-state index in [-0.39, 0.29) is 16.6 Å². The van der Waals surface area contributed by atoms with Crippen LogP contribution >= 0.6 is 0 Å². The summed E-state index contributed by atoms with van der Waals surface area (Å²) in [5.41, 5.74) is 0.514. The van der Waals surface area contributed by atoms with Crippen LogP contribution < -0.4 is 10.1 Å². The summed E-state index contributed by atoms with van der Waals surface area (Å²) in [6, 6.07) is 4.23. The lowest BCUT2D eigenvalue weighted by Crippen LogP contribution is -2.12. The minimum Gasteiger partial charge on any atom is -0.417 e. The minimum absolute atomic E-state index is 0.0117. The molecule has 2 heterocycles. The molecule has 1 aromatic carbocycles. The number of alkyl halides is 2. The molecule has 1 amide bonds. The third-order valence-electron chi connectivity index (χ3n) is 3.18. The Kier molecular flexibility index (Phi) is 4.07. The number of benzene rings is 1. The molecule has 0 aliphatic carbocycles. The fourth-order valence-electron chi connectivity index (χ4n) is 2.12. The van der Waals surface area contributed by atoms with Gasteiger partial charge in [0.15, 0.2) is 11.6 Å². The zero-order valence-corrected chi connectivity index (χ0v) is 11.8. The predicted molar refractivity (Wildman–Crippen MR) is 77.0 cm³/mol. The van der Waals surface area contributed by atoms with Gasteiger partial charge < -0.3 is 15.0 Å². The molecule has 0 saturated heterocycles. The van der Waals surface area contributed by atoms with Crippen molar-refractivity contribution in [2.45, 2.75) is 6.61 Å². The summed E-state index contributed by atoms with van der Waals surface area (Å²) < 4.78 is 55.0. The number of halogens is 4. The number of nitrogens with zero attached hydrogens (tertiary/aromatic N) is 1. The average molecular weight is 339 g/mol. The number of H-pyrrole nitrogens is 1. The minimum atomic E-state index is -3.07. The Balaban J connectivity index is 1.86. The molecule has 3 aromatic rings. The van der Waals surface area contributed by atoms with Gasteiger partial charge in [0.2, 0.25) is 5.88 Å². The zero-order valence-electron chi connectivity index (χ0n) is 11.8. The lowest BCUT2D eigenvalue weighted by molar-refractivity contribution is -0.0528. The molecule has 5 nitrogen and oxygen atoms in total. The average Bonchev–Trinajstić information content (AvgIpc) is 2.89. The Hall–Kier alpha value is -3.10. The van der Waals surface area contributed by atoms with Gasteiger partial charge in [-0.2, -0.15) is 8.78 Å². The first-order chi connectivity index (χ1) is 11.4. The lowest BCUT2D eigenvalue weighted by Gasteiger charge is -2.06. The van der Waals surface area contributed by atoms with E-state index in [0.29, 0.717) is 5.52 Å². The molecule has 0 spiro atoms. The van der Waals surface area contributed by atoms with Crippen molar-refractivity contribution in [3.63, 3.8) is 0 Å². The van der Waals surface area contributed by atoms with Crippen molar-refractivity contribution in [3.05, 3.63) is 53.9 Å². The number of carbonyl (C=O) groups is 1. The smallest absolute Gasteiger partial charge is 0.388 e. The van der Waals surface area contributed by atoms with Crippen molar-refractivity contribution < 1.29 is 27.1 Å². The van der Waals surface area contributed by atoms with Gasteiger partial charge in [0.1, 0.15) is 0 Å². The molecular formula is C15H9F4N3O2. The third-order valence-corrected chi connectivity index (χ3v) is 3.18. The molecule has 0 saturated carbocycles. The van der Waals surface area contributed by atoms with Gasteiger partial charge in [0, 0.05) is 35.5 Å². The third kappa shape index (κ3) is 3.14. The van der Waals surface area contributed by atoms with E-state index >= 15 is 0 Å².